The SMILES string of the molecule is CC(C)(C)OC(=O)/C=C/c1cccc2c1c(Br)cn2C(=O)c1c(-c2c(Cl)cc(Cl)cc2Cl)noc1C(C)(C)F. The largest absolute Gasteiger partial charge is 0.457 e. The molecule has 0 aliphatic rings. The number of benzene rings is 2. The summed E-state index contributed by atoms with van der Waals surface area (Å²) in [5, 5.41) is 5.16. The van der Waals surface area contributed by atoms with Crippen LogP contribution in [0.3, 0.4) is 0 Å². The molecule has 0 aliphatic heterocycles. The van der Waals surface area contributed by atoms with Gasteiger partial charge < -0.3 is 9.26 Å². The zero-order valence-electron chi connectivity index (χ0n) is 21.5. The van der Waals surface area contributed by atoms with E-state index in [2.05, 4.69) is 21.1 Å². The van der Waals surface area contributed by atoms with Crippen LogP contribution in [0.5, 0.6) is 0 Å². The standard InChI is InChI=1S/C28H23BrCl3FN2O4/c1-27(2,3)38-20(36)10-9-14-7-6-8-19-21(14)16(29)13-35(19)26(37)23-24(34-39-25(23)28(4,5)33)22-17(31)11-15(30)12-18(22)32/h6-13H,1-5H3/b10-9+. The van der Waals surface area contributed by atoms with Gasteiger partial charge in [0, 0.05) is 32.7 Å². The number of carbonyl (C=O) groups excluding carboxylic acids is 2. The molecule has 2 aromatic heterocycles. The quantitative estimate of drug-likeness (QED) is 0.158. The number of esters is 1. The van der Waals surface area contributed by atoms with E-state index in [9.17, 15) is 9.59 Å². The summed E-state index contributed by atoms with van der Waals surface area (Å²) in [4.78, 5) is 26.3. The van der Waals surface area contributed by atoms with Crippen molar-refractivity contribution < 1.29 is 23.2 Å². The van der Waals surface area contributed by atoms with Crippen molar-refractivity contribution in [2.75, 3.05) is 0 Å². The molecule has 204 valence electrons. The molecular weight excluding hydrogens is 634 g/mol. The second-order valence-electron chi connectivity index (χ2n) is 10.2. The van der Waals surface area contributed by atoms with E-state index in [1.54, 1.807) is 51.2 Å². The highest BCUT2D eigenvalue weighted by Crippen LogP contribution is 2.42. The Bertz CT molecular complexity index is 1620. The molecule has 0 saturated carbocycles. The van der Waals surface area contributed by atoms with Gasteiger partial charge in [0.15, 0.2) is 11.4 Å². The van der Waals surface area contributed by atoms with Crippen LogP contribution in [0.2, 0.25) is 15.1 Å². The molecule has 39 heavy (non-hydrogen) atoms. The van der Waals surface area contributed by atoms with Gasteiger partial charge in [0.2, 0.25) is 0 Å². The summed E-state index contributed by atoms with van der Waals surface area (Å²) in [6.45, 7) is 7.83. The van der Waals surface area contributed by atoms with Crippen molar-refractivity contribution in [3.8, 4) is 11.3 Å². The van der Waals surface area contributed by atoms with E-state index in [-0.39, 0.29) is 37.6 Å². The van der Waals surface area contributed by atoms with Crippen LogP contribution < -0.4 is 0 Å². The van der Waals surface area contributed by atoms with Crippen LogP contribution in [-0.2, 0) is 15.2 Å². The lowest BCUT2D eigenvalue weighted by atomic mass is 9.98. The highest BCUT2D eigenvalue weighted by molar-refractivity contribution is 9.10. The fourth-order valence-corrected chi connectivity index (χ4v) is 5.65. The van der Waals surface area contributed by atoms with Crippen LogP contribution in [0.15, 0.2) is 51.6 Å². The molecule has 0 spiro atoms. The minimum Gasteiger partial charge on any atom is -0.457 e. The first-order chi connectivity index (χ1) is 18.1. The van der Waals surface area contributed by atoms with Crippen molar-refractivity contribution >= 4 is 79.6 Å². The molecule has 0 radical (unpaired) electrons. The Kier molecular flexibility index (Phi) is 8.07. The van der Waals surface area contributed by atoms with Crippen molar-refractivity contribution in [3.05, 3.63) is 79.0 Å². The van der Waals surface area contributed by atoms with Gasteiger partial charge >= 0.3 is 5.97 Å². The van der Waals surface area contributed by atoms with E-state index in [0.717, 1.165) is 0 Å². The number of carbonyl (C=O) groups is 2. The molecule has 11 heteroatoms. The number of alkyl halides is 1. The van der Waals surface area contributed by atoms with E-state index < -0.39 is 23.1 Å². The maximum atomic E-state index is 15.3. The summed E-state index contributed by atoms with van der Waals surface area (Å²) in [6.07, 6.45) is 4.47. The third-order valence-corrected chi connectivity index (χ3v) is 6.95. The first kappa shape index (κ1) is 29.3. The molecule has 2 aromatic carbocycles. The number of ether oxygens (including phenoxy) is 1. The number of rotatable bonds is 5. The van der Waals surface area contributed by atoms with Gasteiger partial charge in [-0.3, -0.25) is 9.36 Å². The Hall–Kier alpha value is -2.65. The van der Waals surface area contributed by atoms with E-state index in [1.807, 2.05) is 0 Å². The molecule has 0 unspecified atom stereocenters. The van der Waals surface area contributed by atoms with E-state index in [0.29, 0.717) is 20.9 Å². The van der Waals surface area contributed by atoms with Gasteiger partial charge in [-0.2, -0.15) is 0 Å². The maximum Gasteiger partial charge on any atom is 0.331 e. The first-order valence-corrected chi connectivity index (χ1v) is 13.6. The van der Waals surface area contributed by atoms with Crippen LogP contribution in [0, 0.1) is 0 Å². The molecule has 2 heterocycles. The number of halogens is 5. The molecule has 0 bridgehead atoms. The molecule has 0 N–H and O–H groups in total. The Morgan fingerprint density at radius 1 is 1.10 bits per heavy atom. The second kappa shape index (κ2) is 10.7. The van der Waals surface area contributed by atoms with Crippen LogP contribution in [-0.4, -0.2) is 27.2 Å². The van der Waals surface area contributed by atoms with Gasteiger partial charge in [0.25, 0.3) is 5.91 Å². The minimum absolute atomic E-state index is 0.0219. The predicted molar refractivity (Wildman–Crippen MR) is 155 cm³/mol. The van der Waals surface area contributed by atoms with E-state index >= 15 is 4.39 Å². The van der Waals surface area contributed by atoms with Crippen LogP contribution in [0.4, 0.5) is 4.39 Å². The zero-order chi connectivity index (χ0) is 28.9. The molecule has 6 nitrogen and oxygen atoms in total. The first-order valence-electron chi connectivity index (χ1n) is 11.7. The lowest BCUT2D eigenvalue weighted by molar-refractivity contribution is -0.148. The number of nitrogens with zero attached hydrogens (tertiary/aromatic N) is 2. The van der Waals surface area contributed by atoms with Crippen molar-refractivity contribution in [3.63, 3.8) is 0 Å². The van der Waals surface area contributed by atoms with Crippen molar-refractivity contribution in [1.82, 2.24) is 9.72 Å². The summed E-state index contributed by atoms with van der Waals surface area (Å²) in [6, 6.07) is 8.13. The fourth-order valence-electron chi connectivity index (χ4n) is 4.02. The van der Waals surface area contributed by atoms with Crippen LogP contribution >= 0.6 is 50.7 Å². The Labute approximate surface area is 247 Å². The lowest BCUT2D eigenvalue weighted by Crippen LogP contribution is -2.22. The molecule has 0 fully saturated rings. The van der Waals surface area contributed by atoms with Crippen LogP contribution in [0.1, 0.15) is 56.3 Å². The van der Waals surface area contributed by atoms with Crippen molar-refractivity contribution in [2.45, 2.75) is 45.9 Å². The topological polar surface area (TPSA) is 74.3 Å². The third-order valence-electron chi connectivity index (χ3n) is 5.53. The summed E-state index contributed by atoms with van der Waals surface area (Å²) in [5.74, 6) is -1.42. The average Bonchev–Trinajstić information content (AvgIpc) is 3.38. The van der Waals surface area contributed by atoms with Gasteiger partial charge in [-0.1, -0.05) is 52.1 Å². The Balaban J connectivity index is 1.88. The van der Waals surface area contributed by atoms with E-state index in [1.165, 1.54) is 36.6 Å². The van der Waals surface area contributed by atoms with Gasteiger partial charge in [0.05, 0.1) is 15.6 Å². The summed E-state index contributed by atoms with van der Waals surface area (Å²) in [5.41, 5.74) is -1.56. The zero-order valence-corrected chi connectivity index (χ0v) is 25.4. The van der Waals surface area contributed by atoms with Crippen LogP contribution in [0.25, 0.3) is 28.2 Å². The second-order valence-corrected chi connectivity index (χ2v) is 12.3. The minimum atomic E-state index is -2.07. The van der Waals surface area contributed by atoms with Crippen molar-refractivity contribution in [2.24, 2.45) is 0 Å². The number of fused-ring (bicyclic) bond motifs is 1. The normalized spacial score (nSPS) is 12.5. The fraction of sp³-hybridized carbons (Fsp3) is 0.250. The van der Waals surface area contributed by atoms with Gasteiger partial charge in [-0.15, -0.1) is 0 Å². The molecular formula is C28H23BrCl3FN2O4. The molecule has 0 amide bonds. The Morgan fingerprint density at radius 2 is 1.74 bits per heavy atom. The predicted octanol–water partition coefficient (Wildman–Crippen LogP) is 9.27. The molecule has 0 saturated heterocycles. The Morgan fingerprint density at radius 3 is 2.33 bits per heavy atom. The summed E-state index contributed by atoms with van der Waals surface area (Å²) < 4.78 is 27.9. The molecule has 4 rings (SSSR count). The molecule has 0 atom stereocenters. The lowest BCUT2D eigenvalue weighted by Gasteiger charge is -2.17. The third kappa shape index (κ3) is 6.09. The average molecular weight is 657 g/mol. The van der Waals surface area contributed by atoms with Gasteiger partial charge in [-0.05, 0) is 80.4 Å². The molecule has 0 aliphatic carbocycles. The monoisotopic (exact) mass is 654 g/mol. The van der Waals surface area contributed by atoms with E-state index in [4.69, 9.17) is 44.1 Å². The number of aromatic nitrogens is 2. The maximum absolute atomic E-state index is 15.3. The molecule has 4 aromatic rings. The summed E-state index contributed by atoms with van der Waals surface area (Å²) >= 11 is 22.4. The number of hydrogen-bond acceptors (Lipinski definition) is 5. The highest BCUT2D eigenvalue weighted by atomic mass is 79.9. The highest BCUT2D eigenvalue weighted by Gasteiger charge is 2.37. The number of hydrogen-bond donors (Lipinski definition) is 0. The smallest absolute Gasteiger partial charge is 0.331 e. The summed E-state index contributed by atoms with van der Waals surface area (Å²) in [7, 11) is 0. The van der Waals surface area contributed by atoms with Gasteiger partial charge in [-0.25, -0.2) is 9.18 Å². The van der Waals surface area contributed by atoms with Gasteiger partial charge in [0.1, 0.15) is 16.9 Å². The van der Waals surface area contributed by atoms with Crippen molar-refractivity contribution in [1.29, 1.82) is 0 Å².